The molecule has 18 heavy (non-hydrogen) atoms. The molecule has 1 aromatic heterocycles. The summed E-state index contributed by atoms with van der Waals surface area (Å²) in [6.07, 6.45) is 0. The first kappa shape index (κ1) is 11.7. The summed E-state index contributed by atoms with van der Waals surface area (Å²) in [4.78, 5) is 8.53. The van der Waals surface area contributed by atoms with Gasteiger partial charge in [-0.15, -0.1) is 0 Å². The Hall–Kier alpha value is -1.36. The van der Waals surface area contributed by atoms with Crippen LogP contribution in [0.15, 0.2) is 18.2 Å². The highest BCUT2D eigenvalue weighted by Crippen LogP contribution is 2.33. The minimum atomic E-state index is 0.262. The van der Waals surface area contributed by atoms with Crippen LogP contribution in [0.5, 0.6) is 0 Å². The van der Waals surface area contributed by atoms with Gasteiger partial charge in [0.25, 0.3) is 0 Å². The molecule has 0 fully saturated rings. The lowest BCUT2D eigenvalue weighted by atomic mass is 10.1. The molecule has 0 saturated carbocycles. The van der Waals surface area contributed by atoms with Crippen molar-refractivity contribution in [3.63, 3.8) is 0 Å². The SMILES string of the molecule is Nc1nc2c(c(-c3ccc(Cl)cc3Cl)n1)CNC2. The number of nitrogens with zero attached hydrogens (tertiary/aromatic N) is 2. The van der Waals surface area contributed by atoms with Gasteiger partial charge in [0.05, 0.1) is 16.4 Å². The molecular weight excluding hydrogens is 271 g/mol. The average molecular weight is 281 g/mol. The van der Waals surface area contributed by atoms with Crippen LogP contribution in [0, 0.1) is 0 Å². The van der Waals surface area contributed by atoms with Crippen LogP contribution in [0.1, 0.15) is 11.3 Å². The number of aromatic nitrogens is 2. The maximum atomic E-state index is 6.21. The second-order valence-electron chi connectivity index (χ2n) is 4.08. The van der Waals surface area contributed by atoms with Gasteiger partial charge >= 0.3 is 0 Å². The highest BCUT2D eigenvalue weighted by atomic mass is 35.5. The molecule has 0 aliphatic carbocycles. The van der Waals surface area contributed by atoms with E-state index in [4.69, 9.17) is 28.9 Å². The Morgan fingerprint density at radius 1 is 1.17 bits per heavy atom. The van der Waals surface area contributed by atoms with Crippen LogP contribution in [-0.2, 0) is 13.1 Å². The van der Waals surface area contributed by atoms with E-state index in [1.807, 2.05) is 6.07 Å². The van der Waals surface area contributed by atoms with Gasteiger partial charge in [-0.2, -0.15) is 0 Å². The maximum absolute atomic E-state index is 6.21. The van der Waals surface area contributed by atoms with E-state index in [-0.39, 0.29) is 5.95 Å². The third-order valence-corrected chi connectivity index (χ3v) is 3.44. The molecule has 0 radical (unpaired) electrons. The van der Waals surface area contributed by atoms with Gasteiger partial charge in [0.15, 0.2) is 0 Å². The minimum absolute atomic E-state index is 0.262. The van der Waals surface area contributed by atoms with Crippen LogP contribution in [0.3, 0.4) is 0 Å². The normalized spacial score (nSPS) is 13.7. The maximum Gasteiger partial charge on any atom is 0.220 e. The van der Waals surface area contributed by atoms with Gasteiger partial charge in [-0.05, 0) is 18.2 Å². The Kier molecular flexibility index (Phi) is 2.86. The first-order valence-corrected chi connectivity index (χ1v) is 6.22. The Bertz CT molecular complexity index is 628. The standard InChI is InChI=1S/C12H10Cl2N4/c13-6-1-2-7(9(14)3-6)11-8-4-16-5-10(8)17-12(15)18-11/h1-3,16H,4-5H2,(H2,15,17,18). The number of hydrogen-bond acceptors (Lipinski definition) is 4. The van der Waals surface area contributed by atoms with E-state index < -0.39 is 0 Å². The lowest BCUT2D eigenvalue weighted by molar-refractivity contribution is 0.758. The van der Waals surface area contributed by atoms with Crippen LogP contribution in [0.4, 0.5) is 5.95 Å². The molecule has 2 heterocycles. The number of fused-ring (bicyclic) bond motifs is 1. The number of nitrogen functional groups attached to an aromatic ring is 1. The molecule has 0 saturated heterocycles. The Labute approximate surface area is 114 Å². The Morgan fingerprint density at radius 3 is 2.78 bits per heavy atom. The average Bonchev–Trinajstić information content (AvgIpc) is 2.76. The van der Waals surface area contributed by atoms with Crippen molar-refractivity contribution in [3.8, 4) is 11.3 Å². The van der Waals surface area contributed by atoms with Gasteiger partial charge in [-0.25, -0.2) is 9.97 Å². The van der Waals surface area contributed by atoms with E-state index in [2.05, 4.69) is 15.3 Å². The molecule has 6 heteroatoms. The molecule has 1 aliphatic heterocycles. The lowest BCUT2D eigenvalue weighted by Gasteiger charge is -2.09. The van der Waals surface area contributed by atoms with E-state index in [9.17, 15) is 0 Å². The predicted molar refractivity (Wildman–Crippen MR) is 72.4 cm³/mol. The van der Waals surface area contributed by atoms with Crippen LogP contribution in [0.2, 0.25) is 10.0 Å². The van der Waals surface area contributed by atoms with Crippen molar-refractivity contribution in [3.05, 3.63) is 39.5 Å². The van der Waals surface area contributed by atoms with Gasteiger partial charge in [-0.1, -0.05) is 23.2 Å². The zero-order valence-electron chi connectivity index (χ0n) is 9.37. The fraction of sp³-hybridized carbons (Fsp3) is 0.167. The number of nitrogens with one attached hydrogen (secondary N) is 1. The summed E-state index contributed by atoms with van der Waals surface area (Å²) in [6.45, 7) is 1.43. The van der Waals surface area contributed by atoms with Crippen molar-refractivity contribution >= 4 is 29.2 Å². The smallest absolute Gasteiger partial charge is 0.220 e. The number of benzene rings is 1. The molecule has 3 rings (SSSR count). The van der Waals surface area contributed by atoms with Gasteiger partial charge in [0.2, 0.25) is 5.95 Å². The van der Waals surface area contributed by atoms with Crippen molar-refractivity contribution in [2.24, 2.45) is 0 Å². The quantitative estimate of drug-likeness (QED) is 0.843. The number of rotatable bonds is 1. The zero-order valence-corrected chi connectivity index (χ0v) is 10.9. The van der Waals surface area contributed by atoms with Gasteiger partial charge < -0.3 is 11.1 Å². The number of nitrogens with two attached hydrogens (primary N) is 1. The third kappa shape index (κ3) is 1.92. The fourth-order valence-corrected chi connectivity index (χ4v) is 2.59. The van der Waals surface area contributed by atoms with Gasteiger partial charge in [0.1, 0.15) is 0 Å². The van der Waals surface area contributed by atoms with Crippen LogP contribution < -0.4 is 11.1 Å². The van der Waals surface area contributed by atoms with Crippen molar-refractivity contribution in [2.45, 2.75) is 13.1 Å². The van der Waals surface area contributed by atoms with Crippen molar-refractivity contribution in [1.82, 2.24) is 15.3 Å². The molecule has 1 aliphatic rings. The molecule has 0 amide bonds. The Morgan fingerprint density at radius 2 is 2.00 bits per heavy atom. The van der Waals surface area contributed by atoms with Crippen molar-refractivity contribution < 1.29 is 0 Å². The van der Waals surface area contributed by atoms with Crippen molar-refractivity contribution in [2.75, 3.05) is 5.73 Å². The second-order valence-corrected chi connectivity index (χ2v) is 4.93. The molecule has 92 valence electrons. The first-order chi connectivity index (χ1) is 8.65. The number of hydrogen-bond donors (Lipinski definition) is 2. The topological polar surface area (TPSA) is 63.8 Å². The highest BCUT2D eigenvalue weighted by Gasteiger charge is 2.20. The molecule has 0 spiro atoms. The molecular formula is C12H10Cl2N4. The van der Waals surface area contributed by atoms with E-state index in [1.165, 1.54) is 0 Å². The van der Waals surface area contributed by atoms with E-state index in [0.29, 0.717) is 16.6 Å². The largest absolute Gasteiger partial charge is 0.368 e. The molecule has 3 N–H and O–H groups in total. The zero-order chi connectivity index (χ0) is 12.7. The summed E-state index contributed by atoms with van der Waals surface area (Å²) >= 11 is 12.1. The van der Waals surface area contributed by atoms with E-state index in [1.54, 1.807) is 12.1 Å². The van der Waals surface area contributed by atoms with Gasteiger partial charge in [0, 0.05) is 29.2 Å². The minimum Gasteiger partial charge on any atom is -0.368 e. The summed E-state index contributed by atoms with van der Waals surface area (Å²) in [7, 11) is 0. The first-order valence-electron chi connectivity index (χ1n) is 5.46. The van der Waals surface area contributed by atoms with E-state index >= 15 is 0 Å². The number of halogens is 2. The van der Waals surface area contributed by atoms with Crippen LogP contribution in [0.25, 0.3) is 11.3 Å². The van der Waals surface area contributed by atoms with Gasteiger partial charge in [-0.3, -0.25) is 0 Å². The lowest BCUT2D eigenvalue weighted by Crippen LogP contribution is -2.02. The number of anilines is 1. The summed E-state index contributed by atoms with van der Waals surface area (Å²) in [5, 5.41) is 4.39. The molecule has 0 bridgehead atoms. The fourth-order valence-electron chi connectivity index (χ4n) is 2.09. The highest BCUT2D eigenvalue weighted by molar-refractivity contribution is 6.36. The second kappa shape index (κ2) is 4.39. The molecule has 4 nitrogen and oxygen atoms in total. The molecule has 2 aromatic rings. The molecule has 0 atom stereocenters. The van der Waals surface area contributed by atoms with Crippen molar-refractivity contribution in [1.29, 1.82) is 0 Å². The summed E-state index contributed by atoms with van der Waals surface area (Å²) in [5.41, 5.74) is 9.32. The predicted octanol–water partition coefficient (Wildman–Crippen LogP) is 2.64. The summed E-state index contributed by atoms with van der Waals surface area (Å²) in [6, 6.07) is 5.34. The monoisotopic (exact) mass is 280 g/mol. The summed E-state index contributed by atoms with van der Waals surface area (Å²) < 4.78 is 0. The van der Waals surface area contributed by atoms with Crippen LogP contribution in [-0.4, -0.2) is 9.97 Å². The summed E-state index contributed by atoms with van der Waals surface area (Å²) in [5.74, 6) is 0.262. The molecule has 0 unspecified atom stereocenters. The third-order valence-electron chi connectivity index (χ3n) is 2.89. The van der Waals surface area contributed by atoms with E-state index in [0.717, 1.165) is 29.1 Å². The molecule has 1 aromatic carbocycles. The Balaban J connectivity index is 2.23. The van der Waals surface area contributed by atoms with Crippen LogP contribution >= 0.6 is 23.2 Å².